The van der Waals surface area contributed by atoms with Crippen LogP contribution in [0.4, 0.5) is 5.69 Å². The highest BCUT2D eigenvalue weighted by molar-refractivity contribution is 5.98. The van der Waals surface area contributed by atoms with Crippen LogP contribution in [0.2, 0.25) is 0 Å². The van der Waals surface area contributed by atoms with E-state index in [-0.39, 0.29) is 42.6 Å². The maximum atomic E-state index is 14.1. The fraction of sp³-hybridized carbons (Fsp3) is 0.270. The first kappa shape index (κ1) is 32.9. The second kappa shape index (κ2) is 15.2. The average molecular weight is 634 g/mol. The van der Waals surface area contributed by atoms with Gasteiger partial charge in [0.05, 0.1) is 24.8 Å². The maximum Gasteiger partial charge on any atom is 0.282 e. The molecule has 0 unspecified atom stereocenters. The Morgan fingerprint density at radius 2 is 1.70 bits per heavy atom. The molecule has 0 saturated carbocycles. The number of amides is 2. The summed E-state index contributed by atoms with van der Waals surface area (Å²) in [5.41, 5.74) is 2.46. The summed E-state index contributed by atoms with van der Waals surface area (Å²) in [5.74, 6) is 0.313. The van der Waals surface area contributed by atoms with Gasteiger partial charge in [-0.3, -0.25) is 19.7 Å². The molecule has 5 rings (SSSR count). The number of nitro groups is 1. The van der Waals surface area contributed by atoms with Gasteiger partial charge in [-0.2, -0.15) is 0 Å². The van der Waals surface area contributed by atoms with Gasteiger partial charge in [0.2, 0.25) is 5.91 Å². The van der Waals surface area contributed by atoms with Gasteiger partial charge in [0, 0.05) is 43.6 Å². The van der Waals surface area contributed by atoms with Crippen LogP contribution in [0.3, 0.4) is 0 Å². The molecule has 1 N–H and O–H groups in total. The third-order valence-corrected chi connectivity index (χ3v) is 8.07. The van der Waals surface area contributed by atoms with Crippen LogP contribution < -0.4 is 10.1 Å². The van der Waals surface area contributed by atoms with Crippen LogP contribution in [0.1, 0.15) is 47.4 Å². The van der Waals surface area contributed by atoms with Crippen LogP contribution in [0, 0.1) is 16.0 Å². The molecule has 5 aromatic rings. The first-order chi connectivity index (χ1) is 22.7. The van der Waals surface area contributed by atoms with E-state index in [0.29, 0.717) is 13.0 Å². The van der Waals surface area contributed by atoms with Gasteiger partial charge in [-0.15, -0.1) is 0 Å². The van der Waals surface area contributed by atoms with Gasteiger partial charge in [-0.05, 0) is 52.4 Å². The van der Waals surface area contributed by atoms with Crippen molar-refractivity contribution in [2.24, 2.45) is 5.92 Å². The molecule has 0 aliphatic heterocycles. The standard InChI is InChI=1S/C37H39N5O5/c1-26(2)19-30(39-36(43)20-31-21-38-25-41(31)22-27-15-17-32(47-3)18-16-27)24-40(37(44)34-13-6-7-14-35(34)42(45)46)23-29-11-8-10-28-9-4-5-12-33(28)29/h4-18,21,25-26,30H,19-20,22-24H2,1-3H3,(H,39,43)/t30-/m0/s1. The number of hydrogen-bond acceptors (Lipinski definition) is 6. The van der Waals surface area contributed by atoms with E-state index in [1.807, 2.05) is 71.3 Å². The zero-order valence-corrected chi connectivity index (χ0v) is 26.8. The second-order valence-electron chi connectivity index (χ2n) is 12.0. The van der Waals surface area contributed by atoms with Gasteiger partial charge in [0.1, 0.15) is 11.3 Å². The number of carbonyl (C=O) groups excluding carboxylic acids is 2. The number of benzene rings is 4. The molecule has 10 heteroatoms. The molecule has 10 nitrogen and oxygen atoms in total. The Morgan fingerprint density at radius 1 is 0.979 bits per heavy atom. The van der Waals surface area contributed by atoms with E-state index in [1.54, 1.807) is 36.7 Å². The molecule has 1 heterocycles. The topological polar surface area (TPSA) is 120 Å². The minimum absolute atomic E-state index is 0.00907. The van der Waals surface area contributed by atoms with Crippen LogP contribution in [0.15, 0.2) is 104 Å². The zero-order valence-electron chi connectivity index (χ0n) is 26.8. The van der Waals surface area contributed by atoms with Crippen molar-refractivity contribution >= 4 is 28.3 Å². The molecular weight excluding hydrogens is 594 g/mol. The average Bonchev–Trinajstić information content (AvgIpc) is 3.49. The van der Waals surface area contributed by atoms with Gasteiger partial charge in [-0.25, -0.2) is 4.98 Å². The number of nitro benzene ring substituents is 1. The quantitative estimate of drug-likeness (QED) is 0.111. The highest BCUT2D eigenvalue weighted by Crippen LogP contribution is 2.25. The molecule has 2 amide bonds. The van der Waals surface area contributed by atoms with Crippen molar-refractivity contribution in [3.8, 4) is 5.75 Å². The smallest absolute Gasteiger partial charge is 0.282 e. The molecule has 47 heavy (non-hydrogen) atoms. The fourth-order valence-electron chi connectivity index (χ4n) is 5.86. The first-order valence-electron chi connectivity index (χ1n) is 15.6. The lowest BCUT2D eigenvalue weighted by atomic mass is 10.0. The van der Waals surface area contributed by atoms with E-state index in [0.717, 1.165) is 33.3 Å². The molecule has 0 saturated heterocycles. The Balaban J connectivity index is 1.39. The second-order valence-corrected chi connectivity index (χ2v) is 12.0. The number of imidazole rings is 1. The van der Waals surface area contributed by atoms with Crippen LogP contribution in [-0.2, 0) is 24.3 Å². The Bertz CT molecular complexity index is 1840. The van der Waals surface area contributed by atoms with Crippen molar-refractivity contribution in [1.82, 2.24) is 19.8 Å². The monoisotopic (exact) mass is 633 g/mol. The van der Waals surface area contributed by atoms with Crippen molar-refractivity contribution in [1.29, 1.82) is 0 Å². The summed E-state index contributed by atoms with van der Waals surface area (Å²) in [5, 5.41) is 17.1. The number of rotatable bonds is 14. The third-order valence-electron chi connectivity index (χ3n) is 8.07. The summed E-state index contributed by atoms with van der Waals surface area (Å²) in [6.07, 6.45) is 4.10. The predicted octanol–water partition coefficient (Wildman–Crippen LogP) is 6.42. The number of nitrogens with zero attached hydrogens (tertiary/aromatic N) is 4. The molecule has 0 aliphatic rings. The van der Waals surface area contributed by atoms with Gasteiger partial charge in [0.25, 0.3) is 11.6 Å². The number of carbonyl (C=O) groups is 2. The highest BCUT2D eigenvalue weighted by Gasteiger charge is 2.28. The third kappa shape index (κ3) is 8.40. The summed E-state index contributed by atoms with van der Waals surface area (Å²) in [6.45, 7) is 5.05. The number of nitrogens with one attached hydrogen (secondary N) is 1. The lowest BCUT2D eigenvalue weighted by Gasteiger charge is -2.30. The molecule has 1 aromatic heterocycles. The number of hydrogen-bond donors (Lipinski definition) is 1. The van der Waals surface area contributed by atoms with E-state index in [1.165, 1.54) is 12.1 Å². The van der Waals surface area contributed by atoms with Crippen molar-refractivity contribution in [2.45, 2.75) is 45.8 Å². The van der Waals surface area contributed by atoms with E-state index in [4.69, 9.17) is 4.74 Å². The largest absolute Gasteiger partial charge is 0.497 e. The van der Waals surface area contributed by atoms with Gasteiger partial charge < -0.3 is 19.5 Å². The first-order valence-corrected chi connectivity index (χ1v) is 15.6. The van der Waals surface area contributed by atoms with E-state index in [2.05, 4.69) is 24.1 Å². The van der Waals surface area contributed by atoms with E-state index < -0.39 is 16.9 Å². The van der Waals surface area contributed by atoms with Crippen LogP contribution >= 0.6 is 0 Å². The van der Waals surface area contributed by atoms with Crippen molar-refractivity contribution in [2.75, 3.05) is 13.7 Å². The summed E-state index contributed by atoms with van der Waals surface area (Å²) in [6, 6.07) is 27.1. The molecule has 0 spiro atoms. The molecule has 0 radical (unpaired) electrons. The Kier molecular flexibility index (Phi) is 10.6. The predicted molar refractivity (Wildman–Crippen MR) is 181 cm³/mol. The molecular formula is C37H39N5O5. The van der Waals surface area contributed by atoms with E-state index >= 15 is 0 Å². The Hall–Kier alpha value is -5.51. The van der Waals surface area contributed by atoms with Crippen molar-refractivity contribution in [3.05, 3.63) is 136 Å². The minimum atomic E-state index is -0.536. The molecule has 4 aromatic carbocycles. The Labute approximate surface area is 274 Å². The Morgan fingerprint density at radius 3 is 2.45 bits per heavy atom. The number of aromatic nitrogens is 2. The zero-order chi connectivity index (χ0) is 33.3. The van der Waals surface area contributed by atoms with Crippen molar-refractivity contribution in [3.63, 3.8) is 0 Å². The highest BCUT2D eigenvalue weighted by atomic mass is 16.6. The number of ether oxygens (including phenoxy) is 1. The molecule has 0 fully saturated rings. The number of methoxy groups -OCH3 is 1. The molecule has 0 bridgehead atoms. The van der Waals surface area contributed by atoms with Crippen LogP contribution in [-0.4, -0.2) is 50.9 Å². The maximum absolute atomic E-state index is 14.1. The van der Waals surface area contributed by atoms with Gasteiger partial charge in [0.15, 0.2) is 0 Å². The number of para-hydroxylation sites is 1. The molecule has 1 atom stereocenters. The van der Waals surface area contributed by atoms with Gasteiger partial charge >= 0.3 is 0 Å². The lowest BCUT2D eigenvalue weighted by molar-refractivity contribution is -0.385. The van der Waals surface area contributed by atoms with E-state index in [9.17, 15) is 19.7 Å². The summed E-state index contributed by atoms with van der Waals surface area (Å²) in [4.78, 5) is 44.9. The summed E-state index contributed by atoms with van der Waals surface area (Å²) >= 11 is 0. The summed E-state index contributed by atoms with van der Waals surface area (Å²) in [7, 11) is 1.62. The van der Waals surface area contributed by atoms with Crippen molar-refractivity contribution < 1.29 is 19.2 Å². The molecule has 242 valence electrons. The van der Waals surface area contributed by atoms with Crippen LogP contribution in [0.5, 0.6) is 5.75 Å². The normalized spacial score (nSPS) is 11.7. The lowest BCUT2D eigenvalue weighted by Crippen LogP contribution is -2.46. The van der Waals surface area contributed by atoms with Gasteiger partial charge in [-0.1, -0.05) is 80.6 Å². The fourth-order valence-corrected chi connectivity index (χ4v) is 5.86. The SMILES string of the molecule is COc1ccc(Cn2cncc2CC(=O)N[C@@H](CC(C)C)CN(Cc2cccc3ccccc23)C(=O)c2ccccc2[N+](=O)[O-])cc1. The minimum Gasteiger partial charge on any atom is -0.497 e. The summed E-state index contributed by atoms with van der Waals surface area (Å²) < 4.78 is 7.19. The molecule has 0 aliphatic carbocycles. The van der Waals surface area contributed by atoms with Crippen LogP contribution in [0.25, 0.3) is 10.8 Å². The number of fused-ring (bicyclic) bond motifs is 1.